The van der Waals surface area contributed by atoms with E-state index in [4.69, 9.17) is 11.6 Å². The SMILES string of the molecule is COC(=O)c1cc(F)c(N2CCCC2)nc1Cl.COC(=O)c1cnc(N2CCCC2)c(F)c1. The molecule has 0 bridgehead atoms. The summed E-state index contributed by atoms with van der Waals surface area (Å²) < 4.78 is 36.5. The fourth-order valence-corrected chi connectivity index (χ4v) is 3.89. The fraction of sp³-hybridized carbons (Fsp3) is 0.455. The van der Waals surface area contributed by atoms with E-state index in [0.717, 1.165) is 57.9 Å². The van der Waals surface area contributed by atoms with E-state index in [1.807, 2.05) is 9.80 Å². The van der Waals surface area contributed by atoms with Gasteiger partial charge in [0.1, 0.15) is 10.7 Å². The van der Waals surface area contributed by atoms with Gasteiger partial charge in [0.2, 0.25) is 0 Å². The number of aromatic nitrogens is 2. The maximum atomic E-state index is 13.8. The molecule has 8 nitrogen and oxygen atoms in total. The number of pyridine rings is 2. The van der Waals surface area contributed by atoms with Crippen LogP contribution >= 0.6 is 11.6 Å². The van der Waals surface area contributed by atoms with Crippen molar-refractivity contribution in [2.75, 3.05) is 50.2 Å². The number of carbonyl (C=O) groups is 2. The van der Waals surface area contributed by atoms with Crippen molar-refractivity contribution in [2.45, 2.75) is 25.7 Å². The molecule has 0 unspecified atom stereocenters. The molecular weight excluding hydrogens is 458 g/mol. The summed E-state index contributed by atoms with van der Waals surface area (Å²) in [5, 5.41) is -0.0276. The van der Waals surface area contributed by atoms with Gasteiger partial charge in [-0.2, -0.15) is 0 Å². The smallest absolute Gasteiger partial charge is 0.341 e. The molecule has 0 aliphatic carbocycles. The highest BCUT2D eigenvalue weighted by Crippen LogP contribution is 2.26. The van der Waals surface area contributed by atoms with Gasteiger partial charge in [0.05, 0.1) is 19.8 Å². The van der Waals surface area contributed by atoms with Gasteiger partial charge in [0.15, 0.2) is 23.3 Å². The van der Waals surface area contributed by atoms with Crippen LogP contribution in [0.4, 0.5) is 20.4 Å². The van der Waals surface area contributed by atoms with Crippen LogP contribution in [0.1, 0.15) is 46.4 Å². The largest absolute Gasteiger partial charge is 0.465 e. The number of carbonyl (C=O) groups excluding carboxylic acids is 2. The number of halogens is 3. The number of hydrogen-bond acceptors (Lipinski definition) is 8. The highest BCUT2D eigenvalue weighted by Gasteiger charge is 2.22. The normalized spacial score (nSPS) is 15.2. The Labute approximate surface area is 195 Å². The van der Waals surface area contributed by atoms with Gasteiger partial charge in [-0.25, -0.2) is 28.3 Å². The van der Waals surface area contributed by atoms with Crippen LogP contribution in [-0.4, -0.2) is 62.3 Å². The fourth-order valence-electron chi connectivity index (χ4n) is 3.68. The molecule has 0 atom stereocenters. The molecular formula is C22H25ClF2N4O4. The summed E-state index contributed by atoms with van der Waals surface area (Å²) in [5.74, 6) is -1.74. The molecule has 2 saturated heterocycles. The van der Waals surface area contributed by atoms with Crippen molar-refractivity contribution in [1.29, 1.82) is 0 Å². The zero-order valence-corrected chi connectivity index (χ0v) is 19.2. The molecule has 0 spiro atoms. The first-order valence-electron chi connectivity index (χ1n) is 10.5. The Kier molecular flexibility index (Phi) is 8.37. The maximum absolute atomic E-state index is 13.8. The molecule has 0 amide bonds. The number of rotatable bonds is 4. The average molecular weight is 483 g/mol. The average Bonchev–Trinajstić information content (AvgIpc) is 3.54. The second-order valence-corrected chi connectivity index (χ2v) is 7.89. The molecule has 2 aromatic heterocycles. The van der Waals surface area contributed by atoms with E-state index >= 15 is 0 Å². The molecule has 0 radical (unpaired) electrons. The first-order valence-corrected chi connectivity index (χ1v) is 10.9. The second kappa shape index (κ2) is 11.2. The number of methoxy groups -OCH3 is 2. The second-order valence-electron chi connectivity index (χ2n) is 7.53. The van der Waals surface area contributed by atoms with Crippen molar-refractivity contribution in [2.24, 2.45) is 0 Å². The summed E-state index contributed by atoms with van der Waals surface area (Å²) in [6, 6.07) is 2.25. The number of ether oxygens (including phenoxy) is 2. The molecule has 4 rings (SSSR count). The lowest BCUT2D eigenvalue weighted by molar-refractivity contribution is 0.0591. The third kappa shape index (κ3) is 5.87. The highest BCUT2D eigenvalue weighted by atomic mass is 35.5. The molecule has 33 heavy (non-hydrogen) atoms. The van der Waals surface area contributed by atoms with Crippen LogP contribution in [0.15, 0.2) is 18.3 Å². The minimum absolute atomic E-state index is 0.0276. The van der Waals surface area contributed by atoms with Crippen molar-refractivity contribution in [3.63, 3.8) is 0 Å². The summed E-state index contributed by atoms with van der Waals surface area (Å²) in [5.41, 5.74) is 0.0950. The summed E-state index contributed by atoms with van der Waals surface area (Å²) in [4.78, 5) is 34.1. The molecule has 0 N–H and O–H groups in total. The van der Waals surface area contributed by atoms with Gasteiger partial charge in [-0.1, -0.05) is 11.6 Å². The lowest BCUT2D eigenvalue weighted by Crippen LogP contribution is -2.21. The third-order valence-electron chi connectivity index (χ3n) is 5.37. The van der Waals surface area contributed by atoms with Crippen LogP contribution in [0.3, 0.4) is 0 Å². The summed E-state index contributed by atoms with van der Waals surface area (Å²) in [6.07, 6.45) is 5.48. The minimum Gasteiger partial charge on any atom is -0.465 e. The molecule has 11 heteroatoms. The lowest BCUT2D eigenvalue weighted by atomic mass is 10.2. The minimum atomic E-state index is -0.686. The van der Waals surface area contributed by atoms with E-state index in [9.17, 15) is 18.4 Å². The van der Waals surface area contributed by atoms with E-state index < -0.39 is 23.6 Å². The van der Waals surface area contributed by atoms with Gasteiger partial charge >= 0.3 is 11.9 Å². The van der Waals surface area contributed by atoms with Gasteiger partial charge in [-0.05, 0) is 37.8 Å². The first-order chi connectivity index (χ1) is 15.8. The van der Waals surface area contributed by atoms with Crippen molar-refractivity contribution in [3.8, 4) is 0 Å². The quantitative estimate of drug-likeness (QED) is 0.479. The first kappa shape index (κ1) is 24.6. The van der Waals surface area contributed by atoms with Crippen molar-refractivity contribution in [3.05, 3.63) is 46.2 Å². The van der Waals surface area contributed by atoms with Gasteiger partial charge < -0.3 is 19.3 Å². The van der Waals surface area contributed by atoms with E-state index in [1.54, 1.807) is 0 Å². The van der Waals surface area contributed by atoms with Gasteiger partial charge in [-0.15, -0.1) is 0 Å². The van der Waals surface area contributed by atoms with Crippen LogP contribution in [0, 0.1) is 11.6 Å². The van der Waals surface area contributed by atoms with Crippen molar-refractivity contribution < 1.29 is 27.8 Å². The van der Waals surface area contributed by atoms with Gasteiger partial charge in [0.25, 0.3) is 0 Å². The Hall–Kier alpha value is -3.01. The molecule has 0 aromatic carbocycles. The Morgan fingerprint density at radius 3 is 1.91 bits per heavy atom. The molecule has 178 valence electrons. The molecule has 4 heterocycles. The standard InChI is InChI=1S/C11H12ClFN2O2.C11H13FN2O2/c1-17-11(16)7-6-8(13)10(14-9(7)12)15-4-2-3-5-15;1-16-11(15)8-6-9(12)10(13-7-8)14-4-2-3-5-14/h6H,2-5H2,1H3;6-7H,2-5H2,1H3. The number of nitrogens with zero attached hydrogens (tertiary/aromatic N) is 4. The van der Waals surface area contributed by atoms with Crippen molar-refractivity contribution >= 4 is 35.2 Å². The topological polar surface area (TPSA) is 84.9 Å². The lowest BCUT2D eigenvalue weighted by Gasteiger charge is -2.17. The van der Waals surface area contributed by atoms with Gasteiger partial charge in [0, 0.05) is 32.4 Å². The van der Waals surface area contributed by atoms with Crippen LogP contribution < -0.4 is 9.80 Å². The molecule has 0 saturated carbocycles. The number of anilines is 2. The number of esters is 2. The molecule has 2 aliphatic rings. The van der Waals surface area contributed by atoms with Crippen LogP contribution in [0.2, 0.25) is 5.15 Å². The van der Waals surface area contributed by atoms with E-state index in [2.05, 4.69) is 19.4 Å². The van der Waals surface area contributed by atoms with E-state index in [-0.39, 0.29) is 22.1 Å². The third-order valence-corrected chi connectivity index (χ3v) is 5.66. The Morgan fingerprint density at radius 1 is 0.879 bits per heavy atom. The monoisotopic (exact) mass is 482 g/mol. The highest BCUT2D eigenvalue weighted by molar-refractivity contribution is 6.32. The summed E-state index contributed by atoms with van der Waals surface area (Å²) in [7, 11) is 2.47. The zero-order chi connectivity index (χ0) is 24.0. The van der Waals surface area contributed by atoms with E-state index in [1.165, 1.54) is 26.5 Å². The Balaban J connectivity index is 0.000000186. The maximum Gasteiger partial charge on any atom is 0.341 e. The van der Waals surface area contributed by atoms with Crippen LogP contribution in [-0.2, 0) is 9.47 Å². The molecule has 2 aromatic rings. The van der Waals surface area contributed by atoms with E-state index in [0.29, 0.717) is 5.82 Å². The van der Waals surface area contributed by atoms with Gasteiger partial charge in [-0.3, -0.25) is 0 Å². The summed E-state index contributed by atoms with van der Waals surface area (Å²) in [6.45, 7) is 3.17. The van der Waals surface area contributed by atoms with Crippen LogP contribution in [0.5, 0.6) is 0 Å². The Bertz CT molecular complexity index is 1010. The van der Waals surface area contributed by atoms with Crippen molar-refractivity contribution in [1.82, 2.24) is 9.97 Å². The Morgan fingerprint density at radius 2 is 1.39 bits per heavy atom. The summed E-state index contributed by atoms with van der Waals surface area (Å²) >= 11 is 5.85. The van der Waals surface area contributed by atoms with Crippen LogP contribution in [0.25, 0.3) is 0 Å². The zero-order valence-electron chi connectivity index (χ0n) is 18.4. The number of hydrogen-bond donors (Lipinski definition) is 0. The molecule has 2 aliphatic heterocycles. The molecule has 2 fully saturated rings. The predicted molar refractivity (Wildman–Crippen MR) is 119 cm³/mol. The predicted octanol–water partition coefficient (Wildman–Crippen LogP) is 3.87.